The predicted octanol–water partition coefficient (Wildman–Crippen LogP) is 4.15. The molecule has 1 aliphatic rings. The molecule has 0 saturated carbocycles. The third-order valence-corrected chi connectivity index (χ3v) is 7.10. The van der Waals surface area contributed by atoms with Crippen LogP contribution >= 0.6 is 0 Å². The minimum atomic E-state index is -1.18. The van der Waals surface area contributed by atoms with Gasteiger partial charge in [-0.1, -0.05) is 43.7 Å². The number of aryl methyl sites for hydroxylation is 1. The second-order valence-corrected chi connectivity index (χ2v) is 10.5. The van der Waals surface area contributed by atoms with Crippen LogP contribution in [0.15, 0.2) is 59.8 Å². The number of anilines is 1. The monoisotopic (exact) mass is 550 g/mol. The van der Waals surface area contributed by atoms with Gasteiger partial charge in [-0.3, -0.25) is 9.80 Å². The van der Waals surface area contributed by atoms with Crippen molar-refractivity contribution in [3.63, 3.8) is 0 Å². The van der Waals surface area contributed by atoms with Crippen molar-refractivity contribution < 1.29 is 29.3 Å². The first kappa shape index (κ1) is 32.8. The zero-order chi connectivity index (χ0) is 28.2. The largest absolute Gasteiger partial charge is 0.481 e. The Labute approximate surface area is 251 Å². The summed E-state index contributed by atoms with van der Waals surface area (Å²) in [6.45, 7) is 7.90. The number of primary amides is 1. The molecule has 2 aromatic rings. The molecule has 1 aliphatic heterocycles. The smallest absolute Gasteiger partial charge is 0.338 e. The fourth-order valence-corrected chi connectivity index (χ4v) is 5.85. The number of nitrogens with two attached hydrogens (primary N) is 1. The van der Waals surface area contributed by atoms with Crippen molar-refractivity contribution in [3.05, 3.63) is 76.7 Å². The van der Waals surface area contributed by atoms with E-state index in [4.69, 9.17) is 10.8 Å². The molecule has 1 heterocycles. The number of halogens is 1. The van der Waals surface area contributed by atoms with E-state index in [1.54, 1.807) is 12.1 Å². The second kappa shape index (κ2) is 13.8. The van der Waals surface area contributed by atoms with Crippen LogP contribution in [0.2, 0.25) is 0 Å². The molecule has 8 nitrogen and oxygen atoms in total. The molecule has 0 bridgehead atoms. The summed E-state index contributed by atoms with van der Waals surface area (Å²) < 4.78 is 13.9. The molecule has 207 valence electrons. The van der Waals surface area contributed by atoms with E-state index >= 15 is 0 Å². The molecule has 0 saturated heterocycles. The molecule has 2 amide bonds. The summed E-state index contributed by atoms with van der Waals surface area (Å²) in [6.07, 6.45) is -1.68. The van der Waals surface area contributed by atoms with Crippen LogP contribution in [-0.2, 0) is 11.2 Å². The molecular weight excluding hydrogens is 512 g/mol. The van der Waals surface area contributed by atoms with Gasteiger partial charge in [0.25, 0.3) is 0 Å². The van der Waals surface area contributed by atoms with Crippen molar-refractivity contribution in [2.75, 3.05) is 5.01 Å². The second-order valence-electron chi connectivity index (χ2n) is 10.5. The molecule has 39 heavy (non-hydrogen) atoms. The Hall–Kier alpha value is -2.43. The van der Waals surface area contributed by atoms with Crippen molar-refractivity contribution >= 4 is 47.2 Å². The van der Waals surface area contributed by atoms with Gasteiger partial charge < -0.3 is 21.1 Å². The number of carbonyl (C=O) groups excluding carboxylic acids is 1. The molecule has 0 fully saturated rings. The Balaban J connectivity index is 0.00000533. The fourth-order valence-electron chi connectivity index (χ4n) is 5.85. The Bertz CT molecular complexity index is 1190. The number of carboxylic acids is 1. The number of rotatable bonds is 11. The minimum absolute atomic E-state index is 0. The van der Waals surface area contributed by atoms with Crippen LogP contribution in [0.3, 0.4) is 0 Å². The van der Waals surface area contributed by atoms with E-state index in [0.717, 1.165) is 16.7 Å². The number of amides is 2. The third kappa shape index (κ3) is 7.61. The van der Waals surface area contributed by atoms with E-state index in [2.05, 4.69) is 6.07 Å². The SMILES string of the molecule is CC1=C(C(C)C)C(CC[C@@H](O)C[C@@H](O)CC(=O)O)(Cc2cccc(C)c2)N(c2ccc(F)cc2)N1C(N)=O.[Na]. The summed E-state index contributed by atoms with van der Waals surface area (Å²) in [5.74, 6) is -1.57. The van der Waals surface area contributed by atoms with Crippen LogP contribution in [0.5, 0.6) is 0 Å². The molecule has 0 aromatic heterocycles. The van der Waals surface area contributed by atoms with Crippen LogP contribution in [0, 0.1) is 18.7 Å². The van der Waals surface area contributed by atoms with Crippen molar-refractivity contribution in [3.8, 4) is 0 Å². The Morgan fingerprint density at radius 3 is 2.23 bits per heavy atom. The molecule has 1 radical (unpaired) electrons. The first-order chi connectivity index (χ1) is 17.9. The van der Waals surface area contributed by atoms with Crippen LogP contribution in [0.25, 0.3) is 0 Å². The van der Waals surface area contributed by atoms with Gasteiger partial charge >= 0.3 is 12.0 Å². The van der Waals surface area contributed by atoms with Crippen molar-refractivity contribution in [1.82, 2.24) is 5.01 Å². The Morgan fingerprint density at radius 1 is 1.05 bits per heavy atom. The quantitative estimate of drug-likeness (QED) is 0.312. The van der Waals surface area contributed by atoms with Crippen LogP contribution in [0.1, 0.15) is 57.6 Å². The summed E-state index contributed by atoms with van der Waals surface area (Å²) >= 11 is 0. The topological polar surface area (TPSA) is 127 Å². The zero-order valence-corrected chi connectivity index (χ0v) is 25.4. The number of carboxylic acid groups (broad SMARTS) is 1. The number of urea groups is 1. The molecule has 2 aromatic carbocycles. The number of hydrazine groups is 1. The van der Waals surface area contributed by atoms with Crippen molar-refractivity contribution in [2.45, 2.75) is 77.5 Å². The average Bonchev–Trinajstić information content (AvgIpc) is 3.06. The van der Waals surface area contributed by atoms with Gasteiger partial charge in [0.1, 0.15) is 5.82 Å². The van der Waals surface area contributed by atoms with Crippen LogP contribution in [-0.4, -0.2) is 79.6 Å². The molecule has 5 N–H and O–H groups in total. The van der Waals surface area contributed by atoms with E-state index in [-0.39, 0.29) is 48.3 Å². The normalized spacial score (nSPS) is 18.8. The van der Waals surface area contributed by atoms with Gasteiger partial charge in [-0.15, -0.1) is 0 Å². The van der Waals surface area contributed by atoms with Gasteiger partial charge in [0.2, 0.25) is 0 Å². The predicted molar refractivity (Wildman–Crippen MR) is 149 cm³/mol. The van der Waals surface area contributed by atoms with Crippen LogP contribution in [0.4, 0.5) is 14.9 Å². The number of hydrogen-bond donors (Lipinski definition) is 4. The van der Waals surface area contributed by atoms with E-state index in [9.17, 15) is 24.2 Å². The van der Waals surface area contributed by atoms with Gasteiger partial charge in [-0.2, -0.15) is 0 Å². The summed E-state index contributed by atoms with van der Waals surface area (Å²) in [5, 5.41) is 33.1. The number of aliphatic hydroxyl groups excluding tert-OH is 2. The van der Waals surface area contributed by atoms with Gasteiger partial charge in [-0.05, 0) is 74.4 Å². The van der Waals surface area contributed by atoms with Crippen molar-refractivity contribution in [1.29, 1.82) is 0 Å². The maximum Gasteiger partial charge on any atom is 0.338 e. The maximum atomic E-state index is 13.9. The molecular formula is C29H38FN3NaO5. The van der Waals surface area contributed by atoms with Gasteiger partial charge in [0, 0.05) is 41.7 Å². The van der Waals surface area contributed by atoms with Gasteiger partial charge in [0.05, 0.1) is 29.9 Å². The first-order valence-electron chi connectivity index (χ1n) is 12.9. The third-order valence-electron chi connectivity index (χ3n) is 7.10. The Morgan fingerprint density at radius 2 is 1.69 bits per heavy atom. The number of aliphatic carboxylic acids is 1. The Kier molecular flexibility index (Phi) is 11.6. The molecule has 0 spiro atoms. The molecule has 3 atom stereocenters. The van der Waals surface area contributed by atoms with Crippen LogP contribution < -0.4 is 10.7 Å². The first-order valence-corrected chi connectivity index (χ1v) is 12.9. The van der Waals surface area contributed by atoms with E-state index < -0.39 is 42.0 Å². The maximum absolute atomic E-state index is 13.9. The molecule has 1 unspecified atom stereocenters. The minimum Gasteiger partial charge on any atom is -0.481 e. The van der Waals surface area contributed by atoms with Crippen molar-refractivity contribution in [2.24, 2.45) is 11.7 Å². The van der Waals surface area contributed by atoms with E-state index in [1.807, 2.05) is 50.9 Å². The summed E-state index contributed by atoms with van der Waals surface area (Å²) in [7, 11) is 0. The number of aliphatic hydroxyl groups is 2. The zero-order valence-electron chi connectivity index (χ0n) is 23.4. The summed E-state index contributed by atoms with van der Waals surface area (Å²) in [6, 6.07) is 13.2. The van der Waals surface area contributed by atoms with Gasteiger partial charge in [0.15, 0.2) is 0 Å². The standard InChI is InChI=1S/C29H38FN3O5.Na/c1-18(2)27-20(4)32(28(31)38)33(23-10-8-22(30)9-11-23)29(27,17-21-7-5-6-19(3)14-21)13-12-24(34)15-25(35)16-26(36)37;/h5-11,14,18,24-25,34-35H,12-13,15-17H2,1-4H3,(H2,31,38)(H,36,37);/t24-,25-,29?;/m1./s1. The summed E-state index contributed by atoms with van der Waals surface area (Å²) in [5.41, 5.74) is 9.32. The number of hydrogen-bond acceptors (Lipinski definition) is 5. The average molecular weight is 551 g/mol. The number of allylic oxidation sites excluding steroid dienone is 1. The molecule has 3 rings (SSSR count). The van der Waals surface area contributed by atoms with Gasteiger partial charge in [-0.25, -0.2) is 14.2 Å². The number of nitrogens with zero attached hydrogens (tertiary/aromatic N) is 2. The van der Waals surface area contributed by atoms with E-state index in [0.29, 0.717) is 24.2 Å². The molecule has 10 heteroatoms. The fraction of sp³-hybridized carbons (Fsp3) is 0.448. The number of benzene rings is 2. The summed E-state index contributed by atoms with van der Waals surface area (Å²) in [4.78, 5) is 23.9. The molecule has 0 aliphatic carbocycles. The van der Waals surface area contributed by atoms with E-state index in [1.165, 1.54) is 17.1 Å². The number of carbonyl (C=O) groups is 2.